The monoisotopic (exact) mass is 375 g/mol. The van der Waals surface area contributed by atoms with Gasteiger partial charge in [0.25, 0.3) is 0 Å². The molecule has 0 spiro atoms. The molecule has 1 aromatic carbocycles. The van der Waals surface area contributed by atoms with Gasteiger partial charge in [-0.15, -0.1) is 10.2 Å². The van der Waals surface area contributed by atoms with Crippen LogP contribution in [0.5, 0.6) is 0 Å². The van der Waals surface area contributed by atoms with Gasteiger partial charge in [0, 0.05) is 19.6 Å². The number of hydrogen-bond donors (Lipinski definition) is 1. The third-order valence-corrected chi connectivity index (χ3v) is 5.04. The topological polar surface area (TPSA) is 72.3 Å². The SMILES string of the molecule is CCCNC(=O)CSc1nnc(N2CCOCC2)n1-c1ccc(C)cc1. The Kier molecular flexibility index (Phi) is 6.51. The van der Waals surface area contributed by atoms with E-state index >= 15 is 0 Å². The molecule has 140 valence electrons. The molecule has 1 aromatic heterocycles. The van der Waals surface area contributed by atoms with Crippen LogP contribution in [0.3, 0.4) is 0 Å². The lowest BCUT2D eigenvalue weighted by atomic mass is 10.2. The van der Waals surface area contributed by atoms with Crippen LogP contribution in [-0.4, -0.2) is 59.3 Å². The number of aryl methyl sites for hydroxylation is 1. The van der Waals surface area contributed by atoms with E-state index < -0.39 is 0 Å². The zero-order valence-electron chi connectivity index (χ0n) is 15.3. The first-order chi connectivity index (χ1) is 12.7. The number of nitrogens with zero attached hydrogens (tertiary/aromatic N) is 4. The first kappa shape index (κ1) is 18.7. The average molecular weight is 375 g/mol. The zero-order chi connectivity index (χ0) is 18.4. The van der Waals surface area contributed by atoms with Crippen molar-refractivity contribution in [3.05, 3.63) is 29.8 Å². The smallest absolute Gasteiger partial charge is 0.232 e. The summed E-state index contributed by atoms with van der Waals surface area (Å²) >= 11 is 1.41. The van der Waals surface area contributed by atoms with Gasteiger partial charge in [0.1, 0.15) is 0 Å². The van der Waals surface area contributed by atoms with Crippen molar-refractivity contribution in [1.29, 1.82) is 0 Å². The predicted molar refractivity (Wildman–Crippen MR) is 103 cm³/mol. The molecule has 7 nitrogen and oxygen atoms in total. The Morgan fingerprint density at radius 3 is 2.65 bits per heavy atom. The molecule has 1 amide bonds. The quantitative estimate of drug-likeness (QED) is 0.747. The molecule has 0 atom stereocenters. The summed E-state index contributed by atoms with van der Waals surface area (Å²) in [5.41, 5.74) is 2.20. The fraction of sp³-hybridized carbons (Fsp3) is 0.500. The molecule has 0 bridgehead atoms. The van der Waals surface area contributed by atoms with Crippen molar-refractivity contribution in [1.82, 2.24) is 20.1 Å². The molecule has 1 N–H and O–H groups in total. The van der Waals surface area contributed by atoms with Crippen molar-refractivity contribution in [3.8, 4) is 5.69 Å². The normalized spacial score (nSPS) is 14.5. The highest BCUT2D eigenvalue weighted by Crippen LogP contribution is 2.27. The summed E-state index contributed by atoms with van der Waals surface area (Å²) in [6.07, 6.45) is 0.928. The summed E-state index contributed by atoms with van der Waals surface area (Å²) in [6.45, 7) is 7.73. The summed E-state index contributed by atoms with van der Waals surface area (Å²) in [5.74, 6) is 1.14. The van der Waals surface area contributed by atoms with E-state index in [9.17, 15) is 4.79 Å². The summed E-state index contributed by atoms with van der Waals surface area (Å²) in [4.78, 5) is 14.1. The second-order valence-corrected chi connectivity index (χ2v) is 7.13. The number of hydrogen-bond acceptors (Lipinski definition) is 6. The molecule has 3 rings (SSSR count). The van der Waals surface area contributed by atoms with Crippen molar-refractivity contribution in [3.63, 3.8) is 0 Å². The molecular formula is C18H25N5O2S. The molecule has 26 heavy (non-hydrogen) atoms. The molecule has 0 aliphatic carbocycles. The Labute approximate surface area is 158 Å². The Balaban J connectivity index is 1.85. The van der Waals surface area contributed by atoms with Crippen LogP contribution in [0, 0.1) is 6.92 Å². The number of nitrogens with one attached hydrogen (secondary N) is 1. The van der Waals surface area contributed by atoms with Gasteiger partial charge in [-0.3, -0.25) is 9.36 Å². The molecule has 1 aliphatic rings. The van der Waals surface area contributed by atoms with E-state index in [0.29, 0.717) is 25.5 Å². The number of carbonyl (C=O) groups excluding carboxylic acids is 1. The van der Waals surface area contributed by atoms with Crippen molar-refractivity contribution < 1.29 is 9.53 Å². The third-order valence-electron chi connectivity index (χ3n) is 4.11. The number of benzene rings is 1. The summed E-state index contributed by atoms with van der Waals surface area (Å²) < 4.78 is 7.48. The van der Waals surface area contributed by atoms with E-state index in [1.54, 1.807) is 0 Å². The van der Waals surface area contributed by atoms with Crippen molar-refractivity contribution in [2.24, 2.45) is 0 Å². The van der Waals surface area contributed by atoms with Crippen LogP contribution >= 0.6 is 11.8 Å². The lowest BCUT2D eigenvalue weighted by Crippen LogP contribution is -2.37. The number of morpholine rings is 1. The van der Waals surface area contributed by atoms with E-state index in [1.807, 2.05) is 11.5 Å². The van der Waals surface area contributed by atoms with Crippen LogP contribution in [0.1, 0.15) is 18.9 Å². The average Bonchev–Trinajstić information content (AvgIpc) is 3.10. The molecule has 1 fully saturated rings. The molecule has 1 aliphatic heterocycles. The maximum Gasteiger partial charge on any atom is 0.232 e. The van der Waals surface area contributed by atoms with Crippen molar-refractivity contribution in [2.75, 3.05) is 43.5 Å². The van der Waals surface area contributed by atoms with Crippen LogP contribution < -0.4 is 10.2 Å². The molecule has 0 radical (unpaired) electrons. The molecule has 2 aromatic rings. The van der Waals surface area contributed by atoms with Gasteiger partial charge in [0.05, 0.1) is 24.7 Å². The van der Waals surface area contributed by atoms with Gasteiger partial charge in [0.2, 0.25) is 11.9 Å². The van der Waals surface area contributed by atoms with Crippen LogP contribution in [0.15, 0.2) is 29.4 Å². The molecule has 2 heterocycles. The number of rotatable bonds is 7. The number of thioether (sulfide) groups is 1. The van der Waals surface area contributed by atoms with E-state index in [-0.39, 0.29) is 5.91 Å². The number of amides is 1. The fourth-order valence-corrected chi connectivity index (χ4v) is 3.47. The number of ether oxygens (including phenoxy) is 1. The van der Waals surface area contributed by atoms with Gasteiger partial charge in [-0.05, 0) is 25.5 Å². The first-order valence-corrected chi connectivity index (χ1v) is 9.92. The Bertz CT molecular complexity index is 726. The standard InChI is InChI=1S/C18H25N5O2S/c1-3-8-19-16(24)13-26-18-21-20-17(22-9-11-25-12-10-22)23(18)15-6-4-14(2)5-7-15/h4-7H,3,8-13H2,1-2H3,(H,19,24). The zero-order valence-corrected chi connectivity index (χ0v) is 16.1. The highest BCUT2D eigenvalue weighted by molar-refractivity contribution is 7.99. The highest BCUT2D eigenvalue weighted by Gasteiger charge is 2.22. The van der Waals surface area contributed by atoms with E-state index in [2.05, 4.69) is 51.6 Å². The molecular weight excluding hydrogens is 350 g/mol. The number of anilines is 1. The minimum absolute atomic E-state index is 0.0169. The van der Waals surface area contributed by atoms with E-state index in [4.69, 9.17) is 4.74 Å². The summed E-state index contributed by atoms with van der Waals surface area (Å²) in [6, 6.07) is 8.26. The van der Waals surface area contributed by atoms with Crippen molar-refractivity contribution in [2.45, 2.75) is 25.4 Å². The second-order valence-electron chi connectivity index (χ2n) is 6.19. The van der Waals surface area contributed by atoms with Gasteiger partial charge in [0.15, 0.2) is 5.16 Å². The van der Waals surface area contributed by atoms with E-state index in [0.717, 1.165) is 36.3 Å². The Morgan fingerprint density at radius 2 is 1.96 bits per heavy atom. The van der Waals surface area contributed by atoms with Gasteiger partial charge >= 0.3 is 0 Å². The Hall–Kier alpha value is -2.06. The lowest BCUT2D eigenvalue weighted by molar-refractivity contribution is -0.118. The lowest BCUT2D eigenvalue weighted by Gasteiger charge is -2.27. The van der Waals surface area contributed by atoms with Gasteiger partial charge in [-0.25, -0.2) is 0 Å². The fourth-order valence-electron chi connectivity index (χ4n) is 2.69. The van der Waals surface area contributed by atoms with Crippen molar-refractivity contribution >= 4 is 23.6 Å². The van der Waals surface area contributed by atoms with E-state index in [1.165, 1.54) is 17.3 Å². The maximum absolute atomic E-state index is 12.0. The van der Waals surface area contributed by atoms with Crippen LogP contribution in [0.4, 0.5) is 5.95 Å². The minimum atomic E-state index is 0.0169. The third kappa shape index (κ3) is 4.56. The summed E-state index contributed by atoms with van der Waals surface area (Å²) in [5, 5.41) is 12.4. The molecule has 0 saturated carbocycles. The minimum Gasteiger partial charge on any atom is -0.378 e. The summed E-state index contributed by atoms with van der Waals surface area (Å²) in [7, 11) is 0. The van der Waals surface area contributed by atoms with Crippen LogP contribution in [-0.2, 0) is 9.53 Å². The molecule has 0 unspecified atom stereocenters. The number of aromatic nitrogens is 3. The van der Waals surface area contributed by atoms with Gasteiger partial charge in [-0.1, -0.05) is 36.4 Å². The second kappa shape index (κ2) is 9.05. The van der Waals surface area contributed by atoms with Gasteiger partial charge in [-0.2, -0.15) is 0 Å². The number of carbonyl (C=O) groups is 1. The molecule has 1 saturated heterocycles. The van der Waals surface area contributed by atoms with Crippen LogP contribution in [0.2, 0.25) is 0 Å². The first-order valence-electron chi connectivity index (χ1n) is 8.93. The van der Waals surface area contributed by atoms with Crippen LogP contribution in [0.25, 0.3) is 5.69 Å². The predicted octanol–water partition coefficient (Wildman–Crippen LogP) is 2.03. The Morgan fingerprint density at radius 1 is 1.23 bits per heavy atom. The maximum atomic E-state index is 12.0. The largest absolute Gasteiger partial charge is 0.378 e. The highest BCUT2D eigenvalue weighted by atomic mass is 32.2. The molecule has 8 heteroatoms. The van der Waals surface area contributed by atoms with Gasteiger partial charge < -0.3 is 15.0 Å².